The number of carbonyl (C=O) groups excluding carboxylic acids is 1. The summed E-state index contributed by atoms with van der Waals surface area (Å²) < 4.78 is 35.0. The fraction of sp³-hybridized carbons (Fsp3) is 0.581. The van der Waals surface area contributed by atoms with Crippen LogP contribution in [0.15, 0.2) is 71.9 Å². The number of halogens is 1. The molecule has 0 saturated heterocycles. The van der Waals surface area contributed by atoms with Crippen LogP contribution in [0.2, 0.25) is 0 Å². The Hall–Kier alpha value is -3.73. The molecule has 2 N–H and O–H groups in total. The molecular formula is C43H57FN2O7. The molecule has 1 amide bonds. The highest BCUT2D eigenvalue weighted by Crippen LogP contribution is 2.62. The maximum Gasteiger partial charge on any atom is 0.239 e. The van der Waals surface area contributed by atoms with Gasteiger partial charge in [0.25, 0.3) is 0 Å². The molecule has 6 rings (SSSR count). The Kier molecular flexibility index (Phi) is 12.3. The van der Waals surface area contributed by atoms with E-state index in [1.54, 1.807) is 24.3 Å². The van der Waals surface area contributed by atoms with E-state index in [2.05, 4.69) is 12.7 Å². The molecule has 0 bridgehead atoms. The highest BCUT2D eigenvalue weighted by molar-refractivity contribution is 6.03. The van der Waals surface area contributed by atoms with Gasteiger partial charge in [0.2, 0.25) is 11.7 Å². The van der Waals surface area contributed by atoms with Gasteiger partial charge in [0.15, 0.2) is 0 Å². The predicted molar refractivity (Wildman–Crippen MR) is 202 cm³/mol. The summed E-state index contributed by atoms with van der Waals surface area (Å²) in [5.41, 5.74) is 2.63. The molecule has 3 aliphatic carbocycles. The highest BCUT2D eigenvalue weighted by Gasteiger charge is 2.65. The first-order valence-electron chi connectivity index (χ1n) is 19.4. The number of rotatable bonds is 17. The quantitative estimate of drug-likeness (QED) is 0.0975. The van der Waals surface area contributed by atoms with Crippen molar-refractivity contribution in [2.75, 3.05) is 26.9 Å². The number of oxime groups is 1. The minimum Gasteiger partial charge on any atom is -0.489 e. The average Bonchev–Trinajstić information content (AvgIpc) is 3.99. The van der Waals surface area contributed by atoms with Crippen LogP contribution in [0, 0.1) is 29.5 Å². The smallest absolute Gasteiger partial charge is 0.239 e. The van der Waals surface area contributed by atoms with Gasteiger partial charge < -0.3 is 34.2 Å². The second-order valence-electron chi connectivity index (χ2n) is 16.1. The summed E-state index contributed by atoms with van der Waals surface area (Å²) in [5.74, 6) is -0.645. The summed E-state index contributed by atoms with van der Waals surface area (Å²) in [7, 11) is 1.86. The third kappa shape index (κ3) is 8.50. The van der Waals surface area contributed by atoms with Crippen LogP contribution in [0.3, 0.4) is 0 Å². The SMILES string of the molecule is C=CCO[C@@]12Oc3ccc(OCc4ccccc4F)cc3[C@H]3[C@H](CCCCO)[C@@H](CCCCO)C=C(C(=NOC(C)(C)C)C[C@@H]1N(C)C(=O)C1CC1)[C@H]32. The molecule has 9 nitrogen and oxygen atoms in total. The topological polar surface area (TPSA) is 110 Å². The molecule has 288 valence electrons. The van der Waals surface area contributed by atoms with Crippen molar-refractivity contribution in [2.45, 2.75) is 109 Å². The molecule has 53 heavy (non-hydrogen) atoms. The number of aliphatic hydroxyl groups excluding tert-OH is 2. The number of fused-ring (bicyclic) bond motifs is 2. The maximum absolute atomic E-state index is 14.6. The zero-order valence-electron chi connectivity index (χ0n) is 31.8. The van der Waals surface area contributed by atoms with Crippen LogP contribution < -0.4 is 9.47 Å². The minimum atomic E-state index is -1.28. The van der Waals surface area contributed by atoms with Crippen LogP contribution in [0.5, 0.6) is 11.5 Å². The van der Waals surface area contributed by atoms with E-state index >= 15 is 0 Å². The lowest BCUT2D eigenvalue weighted by Crippen LogP contribution is -2.69. The van der Waals surface area contributed by atoms with Crippen molar-refractivity contribution >= 4 is 11.6 Å². The zero-order chi connectivity index (χ0) is 37.8. The maximum atomic E-state index is 14.6. The molecule has 0 unspecified atom stereocenters. The van der Waals surface area contributed by atoms with Crippen LogP contribution in [0.1, 0.15) is 95.6 Å². The van der Waals surface area contributed by atoms with Gasteiger partial charge in [-0.3, -0.25) is 4.79 Å². The monoisotopic (exact) mass is 732 g/mol. The van der Waals surface area contributed by atoms with Gasteiger partial charge in [-0.2, -0.15) is 0 Å². The molecule has 0 radical (unpaired) electrons. The molecule has 2 saturated carbocycles. The van der Waals surface area contributed by atoms with Crippen molar-refractivity contribution in [3.05, 3.63) is 83.7 Å². The van der Waals surface area contributed by atoms with Gasteiger partial charge in [-0.15, -0.1) is 6.58 Å². The summed E-state index contributed by atoms with van der Waals surface area (Å²) in [6.45, 7) is 10.4. The number of amides is 1. The van der Waals surface area contributed by atoms with Gasteiger partial charge in [0.1, 0.15) is 35.6 Å². The molecule has 2 aromatic rings. The second-order valence-corrected chi connectivity index (χ2v) is 16.1. The predicted octanol–water partition coefficient (Wildman–Crippen LogP) is 7.71. The standard InChI is InChI=1S/C43H57FN2O7/c1-6-23-51-43-38(46(5)41(49)28-17-18-28)26-36(45-53-42(2,3)4)33-24-29(13-9-11-21-47)32(15-10-12-22-48)39(40(33)43)34-25-31(19-20-37(34)52-43)50-27-30-14-7-8-16-35(30)44/h6-8,14,16,19-20,24-25,28-29,32,38-40,47-48H,1,9-13,15,17-18,21-23,26-27H2,2-5H3/t29-,32+,38-,39+,40+,43+/m0/s1. The van der Waals surface area contributed by atoms with Crippen molar-refractivity contribution in [3.8, 4) is 11.5 Å². The van der Waals surface area contributed by atoms with Crippen LogP contribution in [-0.2, 0) is 21.0 Å². The summed E-state index contributed by atoms with van der Waals surface area (Å²) in [6.07, 6.45) is 10.9. The molecule has 0 aromatic heterocycles. The van der Waals surface area contributed by atoms with E-state index in [1.807, 2.05) is 50.9 Å². The zero-order valence-corrected chi connectivity index (χ0v) is 31.8. The van der Waals surface area contributed by atoms with Gasteiger partial charge in [-0.1, -0.05) is 48.3 Å². The molecule has 0 spiro atoms. The summed E-state index contributed by atoms with van der Waals surface area (Å²) in [5, 5.41) is 24.5. The molecule has 1 aliphatic heterocycles. The fourth-order valence-electron chi connectivity index (χ4n) is 8.56. The number of benzene rings is 2. The number of allylic oxidation sites excluding steroid dienone is 1. The van der Waals surface area contributed by atoms with E-state index in [1.165, 1.54) is 6.07 Å². The number of likely N-dealkylation sites (N-methyl/N-ethyl adjacent to an activating group) is 1. The Morgan fingerprint density at radius 3 is 2.51 bits per heavy atom. The number of hydrogen-bond acceptors (Lipinski definition) is 8. The highest BCUT2D eigenvalue weighted by atomic mass is 19.1. The first-order chi connectivity index (χ1) is 25.5. The third-order valence-corrected chi connectivity index (χ3v) is 11.2. The molecule has 4 aliphatic rings. The number of unbranched alkanes of at least 4 members (excludes halogenated alkanes) is 2. The first kappa shape index (κ1) is 39.0. The van der Waals surface area contributed by atoms with E-state index in [-0.39, 0.29) is 67.7 Å². The van der Waals surface area contributed by atoms with Crippen LogP contribution in [0.4, 0.5) is 4.39 Å². The second kappa shape index (κ2) is 16.7. The lowest BCUT2D eigenvalue weighted by atomic mass is 9.55. The number of carbonyl (C=O) groups is 1. The van der Waals surface area contributed by atoms with Crippen molar-refractivity contribution in [3.63, 3.8) is 0 Å². The Labute approximate surface area is 313 Å². The van der Waals surface area contributed by atoms with Crippen LogP contribution >= 0.6 is 0 Å². The van der Waals surface area contributed by atoms with E-state index in [0.717, 1.165) is 55.4 Å². The van der Waals surface area contributed by atoms with Gasteiger partial charge >= 0.3 is 0 Å². The van der Waals surface area contributed by atoms with Crippen LogP contribution in [-0.4, -0.2) is 71.0 Å². The molecule has 2 aromatic carbocycles. The lowest BCUT2D eigenvalue weighted by molar-refractivity contribution is -0.256. The van der Waals surface area contributed by atoms with Gasteiger partial charge in [0, 0.05) is 49.6 Å². The number of nitrogens with zero attached hydrogens (tertiary/aromatic N) is 2. The van der Waals surface area contributed by atoms with Gasteiger partial charge in [-0.25, -0.2) is 4.39 Å². The van der Waals surface area contributed by atoms with E-state index in [0.29, 0.717) is 36.3 Å². The first-order valence-corrected chi connectivity index (χ1v) is 19.4. The number of aliphatic hydroxyl groups is 2. The molecule has 2 fully saturated rings. The summed E-state index contributed by atoms with van der Waals surface area (Å²) >= 11 is 0. The number of hydrogen-bond donors (Lipinski definition) is 2. The van der Waals surface area contributed by atoms with Gasteiger partial charge in [0.05, 0.1) is 18.2 Å². The largest absolute Gasteiger partial charge is 0.489 e. The Bertz CT molecular complexity index is 1670. The minimum absolute atomic E-state index is 0.0195. The Balaban J connectivity index is 1.54. The van der Waals surface area contributed by atoms with Crippen molar-refractivity contribution in [1.29, 1.82) is 0 Å². The fourth-order valence-corrected chi connectivity index (χ4v) is 8.56. The lowest BCUT2D eigenvalue weighted by Gasteiger charge is -2.59. The summed E-state index contributed by atoms with van der Waals surface area (Å²) in [6, 6.07) is 11.9. The van der Waals surface area contributed by atoms with E-state index < -0.39 is 17.4 Å². The molecule has 10 heteroatoms. The molecule has 6 atom stereocenters. The van der Waals surface area contributed by atoms with E-state index in [4.69, 9.17) is 24.2 Å². The van der Waals surface area contributed by atoms with Crippen molar-refractivity contribution < 1.29 is 38.4 Å². The van der Waals surface area contributed by atoms with E-state index in [9.17, 15) is 19.4 Å². The van der Waals surface area contributed by atoms with Crippen LogP contribution in [0.25, 0.3) is 0 Å². The molecular weight excluding hydrogens is 675 g/mol. The van der Waals surface area contributed by atoms with Crippen molar-refractivity contribution in [2.24, 2.45) is 28.8 Å². The third-order valence-electron chi connectivity index (χ3n) is 11.2. The van der Waals surface area contributed by atoms with Crippen molar-refractivity contribution in [1.82, 2.24) is 4.90 Å². The molecule has 1 heterocycles. The normalized spacial score (nSPS) is 26.9. The number of ether oxygens (including phenoxy) is 3. The Morgan fingerprint density at radius 2 is 1.83 bits per heavy atom. The Morgan fingerprint density at radius 1 is 1.09 bits per heavy atom. The van der Waals surface area contributed by atoms with Gasteiger partial charge in [-0.05, 0) is 101 Å². The average molecular weight is 733 g/mol. The summed E-state index contributed by atoms with van der Waals surface area (Å²) in [4.78, 5) is 21.9.